The van der Waals surface area contributed by atoms with Crippen LogP contribution < -0.4 is 9.47 Å². The first-order valence-corrected chi connectivity index (χ1v) is 10.5. The Morgan fingerprint density at radius 2 is 1.92 bits per heavy atom. The highest BCUT2D eigenvalue weighted by Crippen LogP contribution is 2.34. The minimum atomic E-state index is 0.669. The second-order valence-corrected chi connectivity index (χ2v) is 8.46. The Balaban J connectivity index is 1.41. The average molecular weight is 359 g/mol. The van der Waals surface area contributed by atoms with Crippen LogP contribution in [0.1, 0.15) is 44.6 Å². The summed E-state index contributed by atoms with van der Waals surface area (Å²) in [6, 6.07) is 7.18. The maximum atomic E-state index is 5.66. The van der Waals surface area contributed by atoms with Crippen molar-refractivity contribution in [2.24, 2.45) is 11.8 Å². The highest BCUT2D eigenvalue weighted by atomic mass is 16.5. The molecular weight excluding hydrogens is 324 g/mol. The maximum absolute atomic E-state index is 5.66. The van der Waals surface area contributed by atoms with E-state index in [4.69, 9.17) is 9.47 Å². The Morgan fingerprint density at radius 3 is 2.65 bits per heavy atom. The number of ether oxygens (including phenoxy) is 2. The first-order valence-electron chi connectivity index (χ1n) is 10.5. The fraction of sp³-hybridized carbons (Fsp3) is 0.727. The van der Waals surface area contributed by atoms with Crippen molar-refractivity contribution in [2.75, 3.05) is 39.9 Å². The molecule has 4 nitrogen and oxygen atoms in total. The van der Waals surface area contributed by atoms with Gasteiger partial charge in [0.15, 0.2) is 11.5 Å². The number of piperidine rings is 1. The van der Waals surface area contributed by atoms with Gasteiger partial charge < -0.3 is 9.47 Å². The molecule has 1 saturated carbocycles. The molecule has 1 aromatic rings. The van der Waals surface area contributed by atoms with Gasteiger partial charge in [0.25, 0.3) is 0 Å². The Kier molecular flexibility index (Phi) is 5.70. The van der Waals surface area contributed by atoms with Gasteiger partial charge in [-0.25, -0.2) is 0 Å². The van der Waals surface area contributed by atoms with Crippen molar-refractivity contribution in [1.29, 1.82) is 0 Å². The van der Waals surface area contributed by atoms with E-state index in [1.165, 1.54) is 63.8 Å². The summed E-state index contributed by atoms with van der Waals surface area (Å²) < 4.78 is 11.2. The number of hydrogen-bond donors (Lipinski definition) is 0. The molecular formula is C22H34N2O2. The largest absolute Gasteiger partial charge is 0.493 e. The topological polar surface area (TPSA) is 24.9 Å². The minimum absolute atomic E-state index is 0.669. The summed E-state index contributed by atoms with van der Waals surface area (Å²) in [6.45, 7) is 8.84. The Labute approximate surface area is 158 Å². The normalized spacial score (nSPS) is 27.2. The first-order chi connectivity index (χ1) is 12.7. The fourth-order valence-corrected chi connectivity index (χ4v) is 4.98. The number of rotatable bonds is 7. The molecule has 0 radical (unpaired) electrons. The summed E-state index contributed by atoms with van der Waals surface area (Å²) >= 11 is 0. The van der Waals surface area contributed by atoms with E-state index >= 15 is 0 Å². The van der Waals surface area contributed by atoms with E-state index in [1.54, 1.807) is 7.11 Å². The highest BCUT2D eigenvalue weighted by molar-refractivity contribution is 5.43. The van der Waals surface area contributed by atoms with Crippen molar-refractivity contribution in [3.05, 3.63) is 23.8 Å². The molecule has 2 bridgehead atoms. The van der Waals surface area contributed by atoms with Gasteiger partial charge in [0.05, 0.1) is 13.7 Å². The Morgan fingerprint density at radius 1 is 1.04 bits per heavy atom. The van der Waals surface area contributed by atoms with Crippen molar-refractivity contribution in [3.63, 3.8) is 0 Å². The quantitative estimate of drug-likeness (QED) is 0.740. The van der Waals surface area contributed by atoms with Crippen LogP contribution in [0.3, 0.4) is 0 Å². The van der Waals surface area contributed by atoms with E-state index in [1.807, 2.05) is 6.92 Å². The third-order valence-electron chi connectivity index (χ3n) is 6.55. The lowest BCUT2D eigenvalue weighted by molar-refractivity contribution is 0.0891. The molecule has 5 rings (SSSR count). The van der Waals surface area contributed by atoms with E-state index in [9.17, 15) is 0 Å². The lowest BCUT2D eigenvalue weighted by atomic mass is 9.83. The molecule has 4 aliphatic rings. The molecule has 0 N–H and O–H groups in total. The van der Waals surface area contributed by atoms with Gasteiger partial charge in [-0.05, 0) is 62.1 Å². The molecule has 144 valence electrons. The van der Waals surface area contributed by atoms with Gasteiger partial charge in [-0.3, -0.25) is 9.80 Å². The summed E-state index contributed by atoms with van der Waals surface area (Å²) in [6.07, 6.45) is 7.18. The van der Waals surface area contributed by atoms with Gasteiger partial charge in [0, 0.05) is 38.8 Å². The van der Waals surface area contributed by atoms with E-state index < -0.39 is 0 Å². The maximum Gasteiger partial charge on any atom is 0.161 e. The van der Waals surface area contributed by atoms with Crippen LogP contribution in [0.2, 0.25) is 0 Å². The first kappa shape index (κ1) is 18.1. The van der Waals surface area contributed by atoms with Gasteiger partial charge in [-0.1, -0.05) is 12.5 Å². The summed E-state index contributed by atoms with van der Waals surface area (Å²) in [7, 11) is 1.73. The van der Waals surface area contributed by atoms with E-state index in [0.717, 1.165) is 35.9 Å². The molecule has 0 unspecified atom stereocenters. The molecule has 26 heavy (non-hydrogen) atoms. The smallest absolute Gasteiger partial charge is 0.161 e. The van der Waals surface area contributed by atoms with Gasteiger partial charge >= 0.3 is 0 Å². The van der Waals surface area contributed by atoms with Crippen LogP contribution in [-0.2, 0) is 6.54 Å². The summed E-state index contributed by atoms with van der Waals surface area (Å²) in [5.74, 6) is 3.53. The highest BCUT2D eigenvalue weighted by Gasteiger charge is 2.36. The van der Waals surface area contributed by atoms with Crippen molar-refractivity contribution in [2.45, 2.75) is 51.6 Å². The zero-order valence-corrected chi connectivity index (χ0v) is 16.5. The molecule has 1 aliphatic carbocycles. The van der Waals surface area contributed by atoms with Crippen molar-refractivity contribution in [1.82, 2.24) is 9.80 Å². The third kappa shape index (κ3) is 4.01. The molecule has 4 heteroatoms. The predicted octanol–water partition coefficient (Wildman–Crippen LogP) is 3.79. The lowest BCUT2D eigenvalue weighted by Crippen LogP contribution is -2.46. The number of hydrogen-bond acceptors (Lipinski definition) is 4. The molecule has 2 atom stereocenters. The number of benzene rings is 1. The average Bonchev–Trinajstić information content (AvgIpc) is 2.90. The number of fused-ring (bicyclic) bond motifs is 4. The van der Waals surface area contributed by atoms with Crippen molar-refractivity contribution >= 4 is 0 Å². The molecule has 3 heterocycles. The standard InChI is InChI=1S/C22H34N2O2/c1-3-26-21-10-8-18(11-22(21)25-2)12-23-13-19-7-9-20(16-23)24(15-19)14-17-5-4-6-17/h8,10-11,17,19-20H,3-7,9,12-16H2,1-2H3/t19-,20+/m0/s1. The number of nitrogens with zero attached hydrogens (tertiary/aromatic N) is 2. The zero-order valence-electron chi connectivity index (χ0n) is 16.5. The number of methoxy groups -OCH3 is 1. The van der Waals surface area contributed by atoms with Crippen LogP contribution in [0.4, 0.5) is 0 Å². The molecule has 0 amide bonds. The summed E-state index contributed by atoms with van der Waals surface area (Å²) in [4.78, 5) is 5.51. The molecule has 0 aromatic heterocycles. The fourth-order valence-electron chi connectivity index (χ4n) is 4.98. The Bertz CT molecular complexity index is 602. The van der Waals surface area contributed by atoms with Crippen LogP contribution in [0, 0.1) is 11.8 Å². The second kappa shape index (κ2) is 8.18. The third-order valence-corrected chi connectivity index (χ3v) is 6.55. The molecule has 3 saturated heterocycles. The van der Waals surface area contributed by atoms with Crippen LogP contribution >= 0.6 is 0 Å². The summed E-state index contributed by atoms with van der Waals surface area (Å²) in [5.41, 5.74) is 1.33. The minimum Gasteiger partial charge on any atom is -0.493 e. The molecule has 0 spiro atoms. The summed E-state index contributed by atoms with van der Waals surface area (Å²) in [5, 5.41) is 0. The molecule has 4 fully saturated rings. The van der Waals surface area contributed by atoms with Crippen LogP contribution in [0.5, 0.6) is 11.5 Å². The van der Waals surface area contributed by atoms with E-state index in [0.29, 0.717) is 6.61 Å². The van der Waals surface area contributed by atoms with Crippen LogP contribution in [0.15, 0.2) is 18.2 Å². The molecule has 3 aliphatic heterocycles. The Hall–Kier alpha value is -1.26. The van der Waals surface area contributed by atoms with Crippen molar-refractivity contribution in [3.8, 4) is 11.5 Å². The SMILES string of the molecule is CCOc1ccc(CN2C[C@@H]3CC[C@H](C2)N(CC2CCC2)C3)cc1OC. The van der Waals surface area contributed by atoms with Crippen molar-refractivity contribution < 1.29 is 9.47 Å². The van der Waals surface area contributed by atoms with E-state index in [-0.39, 0.29) is 0 Å². The monoisotopic (exact) mass is 358 g/mol. The van der Waals surface area contributed by atoms with Crippen LogP contribution in [-0.4, -0.2) is 55.7 Å². The van der Waals surface area contributed by atoms with Gasteiger partial charge in [-0.2, -0.15) is 0 Å². The van der Waals surface area contributed by atoms with Crippen LogP contribution in [0.25, 0.3) is 0 Å². The van der Waals surface area contributed by atoms with E-state index in [2.05, 4.69) is 28.0 Å². The predicted molar refractivity (Wildman–Crippen MR) is 105 cm³/mol. The van der Waals surface area contributed by atoms with Gasteiger partial charge in [-0.15, -0.1) is 0 Å². The van der Waals surface area contributed by atoms with Gasteiger partial charge in [0.1, 0.15) is 0 Å². The van der Waals surface area contributed by atoms with Gasteiger partial charge in [0.2, 0.25) is 0 Å². The lowest BCUT2D eigenvalue weighted by Gasteiger charge is -2.40. The molecule has 1 aromatic carbocycles. The second-order valence-electron chi connectivity index (χ2n) is 8.46. The zero-order chi connectivity index (χ0) is 17.9.